The predicted octanol–water partition coefficient (Wildman–Crippen LogP) is 1.89. The molecule has 1 N–H and O–H groups in total. The van der Waals surface area contributed by atoms with E-state index < -0.39 is 0 Å². The van der Waals surface area contributed by atoms with Gasteiger partial charge in [0.2, 0.25) is 5.91 Å². The van der Waals surface area contributed by atoms with Crippen LogP contribution in [-0.2, 0) is 4.79 Å². The number of hydrogen-bond acceptors (Lipinski definition) is 3. The lowest BCUT2D eigenvalue weighted by atomic mass is 10.1. The van der Waals surface area contributed by atoms with Crippen molar-refractivity contribution >= 4 is 35.0 Å². The molecule has 7 heteroatoms. The Balaban J connectivity index is 1.92. The van der Waals surface area contributed by atoms with Crippen molar-refractivity contribution in [3.05, 3.63) is 33.8 Å². The highest BCUT2D eigenvalue weighted by Gasteiger charge is 2.24. The van der Waals surface area contributed by atoms with Crippen LogP contribution in [0.3, 0.4) is 0 Å². The summed E-state index contributed by atoms with van der Waals surface area (Å²) in [4.78, 5) is 27.8. The molecule has 2 rings (SSSR count). The van der Waals surface area contributed by atoms with Crippen LogP contribution in [0.4, 0.5) is 0 Å². The topological polar surface area (TPSA) is 52.7 Å². The molecule has 0 aromatic heterocycles. The van der Waals surface area contributed by atoms with E-state index in [1.165, 1.54) is 0 Å². The van der Waals surface area contributed by atoms with Gasteiger partial charge in [0.25, 0.3) is 5.91 Å². The Morgan fingerprint density at radius 1 is 1.18 bits per heavy atom. The van der Waals surface area contributed by atoms with Gasteiger partial charge in [0.1, 0.15) is 0 Å². The van der Waals surface area contributed by atoms with E-state index in [1.54, 1.807) is 23.1 Å². The largest absolute Gasteiger partial charge is 0.355 e. The Morgan fingerprint density at radius 3 is 2.50 bits per heavy atom. The summed E-state index contributed by atoms with van der Waals surface area (Å²) in [7, 11) is 0. The normalized spacial score (nSPS) is 15.7. The smallest absolute Gasteiger partial charge is 0.255 e. The Labute approximate surface area is 140 Å². The molecule has 1 aliphatic heterocycles. The molecule has 0 aliphatic carbocycles. The zero-order valence-corrected chi connectivity index (χ0v) is 14.0. The Kier molecular flexibility index (Phi) is 6.06. The van der Waals surface area contributed by atoms with Crippen LogP contribution in [0.15, 0.2) is 18.2 Å². The lowest BCUT2D eigenvalue weighted by Crippen LogP contribution is -2.51. The highest BCUT2D eigenvalue weighted by Crippen LogP contribution is 2.26. The van der Waals surface area contributed by atoms with Crippen LogP contribution in [0.5, 0.6) is 0 Å². The molecular weight excluding hydrogens is 325 g/mol. The lowest BCUT2D eigenvalue weighted by Gasteiger charge is -2.34. The monoisotopic (exact) mass is 343 g/mol. The van der Waals surface area contributed by atoms with Gasteiger partial charge in [0.05, 0.1) is 22.2 Å². The van der Waals surface area contributed by atoms with Crippen molar-refractivity contribution in [1.29, 1.82) is 0 Å². The Bertz CT molecular complexity index is 558. The number of amides is 2. The van der Waals surface area contributed by atoms with Crippen molar-refractivity contribution in [2.45, 2.75) is 6.92 Å². The van der Waals surface area contributed by atoms with Crippen molar-refractivity contribution in [1.82, 2.24) is 15.1 Å². The second-order valence-electron chi connectivity index (χ2n) is 5.12. The molecule has 120 valence electrons. The number of carbonyl (C=O) groups excluding carboxylic acids is 2. The summed E-state index contributed by atoms with van der Waals surface area (Å²) < 4.78 is 0. The third-order valence-electron chi connectivity index (χ3n) is 3.58. The lowest BCUT2D eigenvalue weighted by molar-refractivity contribution is -0.122. The molecule has 0 atom stereocenters. The summed E-state index contributed by atoms with van der Waals surface area (Å²) in [6.07, 6.45) is 0. The van der Waals surface area contributed by atoms with E-state index in [0.717, 1.165) is 0 Å². The number of nitrogens with zero attached hydrogens (tertiary/aromatic N) is 2. The van der Waals surface area contributed by atoms with E-state index in [4.69, 9.17) is 23.2 Å². The van der Waals surface area contributed by atoms with Gasteiger partial charge in [0, 0.05) is 32.7 Å². The Hall–Kier alpha value is -1.30. The third-order valence-corrected chi connectivity index (χ3v) is 4.40. The first kappa shape index (κ1) is 17.1. The minimum atomic E-state index is -0.120. The van der Waals surface area contributed by atoms with Crippen LogP contribution >= 0.6 is 23.2 Å². The van der Waals surface area contributed by atoms with Crippen molar-refractivity contribution in [2.75, 3.05) is 39.3 Å². The van der Waals surface area contributed by atoms with Crippen molar-refractivity contribution < 1.29 is 9.59 Å². The van der Waals surface area contributed by atoms with Crippen LogP contribution in [-0.4, -0.2) is 60.9 Å². The highest BCUT2D eigenvalue weighted by molar-refractivity contribution is 6.43. The minimum Gasteiger partial charge on any atom is -0.355 e. The van der Waals surface area contributed by atoms with E-state index in [1.807, 2.05) is 11.8 Å². The van der Waals surface area contributed by atoms with Gasteiger partial charge in [0.15, 0.2) is 0 Å². The second-order valence-corrected chi connectivity index (χ2v) is 5.91. The number of carbonyl (C=O) groups is 2. The molecule has 1 aromatic rings. The summed E-state index contributed by atoms with van der Waals surface area (Å²) in [5, 5.41) is 3.44. The SMILES string of the molecule is CCNC(=O)CN1CCN(C(=O)c2cccc(Cl)c2Cl)CC1. The van der Waals surface area contributed by atoms with Gasteiger partial charge >= 0.3 is 0 Å². The average Bonchev–Trinajstić information content (AvgIpc) is 2.50. The third kappa shape index (κ3) is 4.12. The van der Waals surface area contributed by atoms with Crippen molar-refractivity contribution in [3.8, 4) is 0 Å². The van der Waals surface area contributed by atoms with Gasteiger partial charge in [-0.25, -0.2) is 0 Å². The zero-order valence-electron chi connectivity index (χ0n) is 12.4. The minimum absolute atomic E-state index is 0.0140. The van der Waals surface area contributed by atoms with Crippen LogP contribution in [0.25, 0.3) is 0 Å². The van der Waals surface area contributed by atoms with E-state index >= 15 is 0 Å². The molecule has 5 nitrogen and oxygen atoms in total. The van der Waals surface area contributed by atoms with Crippen LogP contribution in [0, 0.1) is 0 Å². The fourth-order valence-corrected chi connectivity index (χ4v) is 2.79. The van der Waals surface area contributed by atoms with Crippen molar-refractivity contribution in [3.63, 3.8) is 0 Å². The van der Waals surface area contributed by atoms with Crippen molar-refractivity contribution in [2.24, 2.45) is 0 Å². The molecule has 1 saturated heterocycles. The standard InChI is InChI=1S/C15H19Cl2N3O2/c1-2-18-13(21)10-19-6-8-20(9-7-19)15(22)11-4-3-5-12(16)14(11)17/h3-5H,2,6-10H2,1H3,(H,18,21). The molecule has 22 heavy (non-hydrogen) atoms. The number of piperazine rings is 1. The first-order valence-electron chi connectivity index (χ1n) is 7.25. The molecular formula is C15H19Cl2N3O2. The van der Waals surface area contributed by atoms with E-state index in [2.05, 4.69) is 5.32 Å². The first-order valence-corrected chi connectivity index (χ1v) is 8.01. The van der Waals surface area contributed by atoms with Gasteiger partial charge in [-0.15, -0.1) is 0 Å². The van der Waals surface area contributed by atoms with E-state index in [-0.39, 0.29) is 11.8 Å². The molecule has 0 spiro atoms. The number of halogens is 2. The summed E-state index contributed by atoms with van der Waals surface area (Å²) in [6.45, 7) is 5.37. The quantitative estimate of drug-likeness (QED) is 0.908. The maximum absolute atomic E-state index is 12.5. The molecule has 1 aliphatic rings. The molecule has 0 unspecified atom stereocenters. The zero-order chi connectivity index (χ0) is 16.1. The highest BCUT2D eigenvalue weighted by atomic mass is 35.5. The molecule has 2 amide bonds. The van der Waals surface area contributed by atoms with E-state index in [9.17, 15) is 9.59 Å². The van der Waals surface area contributed by atoms with Gasteiger partial charge < -0.3 is 10.2 Å². The average molecular weight is 344 g/mol. The summed E-state index contributed by atoms with van der Waals surface area (Å²) >= 11 is 12.0. The first-order chi connectivity index (χ1) is 10.5. The second kappa shape index (κ2) is 7.81. The maximum atomic E-state index is 12.5. The van der Waals surface area contributed by atoms with Gasteiger partial charge in [-0.2, -0.15) is 0 Å². The Morgan fingerprint density at radius 2 is 1.86 bits per heavy atom. The molecule has 0 saturated carbocycles. The fraction of sp³-hybridized carbons (Fsp3) is 0.467. The maximum Gasteiger partial charge on any atom is 0.255 e. The number of likely N-dealkylation sites (N-methyl/N-ethyl adjacent to an activating group) is 1. The van der Waals surface area contributed by atoms with Gasteiger partial charge in [-0.05, 0) is 19.1 Å². The summed E-state index contributed by atoms with van der Waals surface area (Å²) in [5.41, 5.74) is 0.423. The molecule has 0 radical (unpaired) electrons. The number of hydrogen-bond donors (Lipinski definition) is 1. The molecule has 0 bridgehead atoms. The fourth-order valence-electron chi connectivity index (χ4n) is 2.40. The predicted molar refractivity (Wildman–Crippen MR) is 87.5 cm³/mol. The molecule has 1 heterocycles. The van der Waals surface area contributed by atoms with Crippen LogP contribution in [0.1, 0.15) is 17.3 Å². The van der Waals surface area contributed by atoms with E-state index in [0.29, 0.717) is 54.9 Å². The number of nitrogens with one attached hydrogen (secondary N) is 1. The van der Waals surface area contributed by atoms with Gasteiger partial charge in [-0.3, -0.25) is 14.5 Å². The summed E-state index contributed by atoms with van der Waals surface area (Å²) in [6, 6.07) is 5.05. The molecule has 1 fully saturated rings. The van der Waals surface area contributed by atoms with Gasteiger partial charge in [-0.1, -0.05) is 29.3 Å². The molecule has 1 aromatic carbocycles. The summed E-state index contributed by atoms with van der Waals surface area (Å²) in [5.74, 6) is -0.106. The number of rotatable bonds is 4. The van der Waals surface area contributed by atoms with Crippen LogP contribution in [0.2, 0.25) is 10.0 Å². The number of benzene rings is 1. The van der Waals surface area contributed by atoms with Crippen LogP contribution < -0.4 is 5.32 Å².